The van der Waals surface area contributed by atoms with Crippen molar-refractivity contribution in [1.29, 1.82) is 0 Å². The number of halogens is 1. The van der Waals surface area contributed by atoms with Gasteiger partial charge in [-0.1, -0.05) is 23.7 Å². The van der Waals surface area contributed by atoms with E-state index in [4.69, 9.17) is 25.8 Å². The molecule has 5 nitrogen and oxygen atoms in total. The van der Waals surface area contributed by atoms with Crippen LogP contribution in [0.4, 0.5) is 0 Å². The number of ether oxygens (including phenoxy) is 3. The van der Waals surface area contributed by atoms with Crippen LogP contribution in [0.1, 0.15) is 5.56 Å². The average molecular weight is 348 g/mol. The number of hydrogen-bond acceptors (Lipinski definition) is 4. The van der Waals surface area contributed by atoms with Crippen molar-refractivity contribution in [2.45, 2.75) is 13.0 Å². The number of aryl methyl sites for hydroxylation is 1. The van der Waals surface area contributed by atoms with Crippen LogP contribution in [0, 0.1) is 6.92 Å². The zero-order chi connectivity index (χ0) is 16.9. The first-order chi connectivity index (χ1) is 11.6. The largest absolute Gasteiger partial charge is 0.486 e. The third-order valence-electron chi connectivity index (χ3n) is 3.59. The van der Waals surface area contributed by atoms with Crippen LogP contribution in [0.15, 0.2) is 42.5 Å². The Balaban J connectivity index is 1.44. The summed E-state index contributed by atoms with van der Waals surface area (Å²) in [6, 6.07) is 12.7. The molecule has 0 aromatic heterocycles. The van der Waals surface area contributed by atoms with E-state index in [9.17, 15) is 4.79 Å². The number of benzene rings is 2. The van der Waals surface area contributed by atoms with Crippen LogP contribution < -0.4 is 19.5 Å². The number of carbonyl (C=O) groups excluding carboxylic acids is 1. The maximum absolute atomic E-state index is 11.9. The van der Waals surface area contributed by atoms with Gasteiger partial charge in [0.1, 0.15) is 18.5 Å². The van der Waals surface area contributed by atoms with E-state index in [1.54, 1.807) is 18.2 Å². The standard InChI is InChI=1S/C18H18ClNO4/c1-12-8-13(6-7-15(12)19)22-11-18(21)20-9-14-10-23-16-4-2-3-5-17(16)24-14/h2-8,14H,9-11H2,1H3,(H,20,21). The number of nitrogens with one attached hydrogen (secondary N) is 1. The van der Waals surface area contributed by atoms with Gasteiger partial charge in [0.15, 0.2) is 18.1 Å². The van der Waals surface area contributed by atoms with E-state index in [0.717, 1.165) is 11.3 Å². The van der Waals surface area contributed by atoms with Gasteiger partial charge in [-0.2, -0.15) is 0 Å². The first-order valence-corrected chi connectivity index (χ1v) is 8.04. The molecule has 0 spiro atoms. The summed E-state index contributed by atoms with van der Waals surface area (Å²) in [5, 5.41) is 3.45. The van der Waals surface area contributed by atoms with Gasteiger partial charge < -0.3 is 19.5 Å². The number of amides is 1. The normalized spacial score (nSPS) is 15.7. The van der Waals surface area contributed by atoms with Crippen LogP contribution in [0.3, 0.4) is 0 Å². The van der Waals surface area contributed by atoms with Gasteiger partial charge in [-0.15, -0.1) is 0 Å². The molecule has 1 atom stereocenters. The summed E-state index contributed by atoms with van der Waals surface area (Å²) >= 11 is 5.95. The van der Waals surface area contributed by atoms with E-state index in [0.29, 0.717) is 29.7 Å². The van der Waals surface area contributed by atoms with Crippen LogP contribution in [0.5, 0.6) is 17.2 Å². The summed E-state index contributed by atoms with van der Waals surface area (Å²) in [7, 11) is 0. The van der Waals surface area contributed by atoms with Gasteiger partial charge in [0.05, 0.1) is 6.54 Å². The highest BCUT2D eigenvalue weighted by Gasteiger charge is 2.21. The smallest absolute Gasteiger partial charge is 0.258 e. The molecule has 0 bridgehead atoms. The second-order valence-electron chi connectivity index (χ2n) is 5.50. The lowest BCUT2D eigenvalue weighted by atomic mass is 10.2. The van der Waals surface area contributed by atoms with Crippen molar-refractivity contribution in [1.82, 2.24) is 5.32 Å². The molecular formula is C18H18ClNO4. The van der Waals surface area contributed by atoms with Gasteiger partial charge in [0.2, 0.25) is 0 Å². The number of carbonyl (C=O) groups is 1. The Bertz CT molecular complexity index is 735. The Morgan fingerprint density at radius 1 is 1.29 bits per heavy atom. The zero-order valence-electron chi connectivity index (χ0n) is 13.3. The van der Waals surface area contributed by atoms with E-state index in [2.05, 4.69) is 5.32 Å². The molecule has 6 heteroatoms. The first kappa shape index (κ1) is 16.5. The van der Waals surface area contributed by atoms with E-state index in [1.807, 2.05) is 31.2 Å². The molecule has 1 N–H and O–H groups in total. The fraction of sp³-hybridized carbons (Fsp3) is 0.278. The lowest BCUT2D eigenvalue weighted by molar-refractivity contribution is -0.123. The molecule has 0 saturated heterocycles. The van der Waals surface area contributed by atoms with E-state index in [1.165, 1.54) is 0 Å². The van der Waals surface area contributed by atoms with E-state index < -0.39 is 0 Å². The molecule has 0 saturated carbocycles. The summed E-state index contributed by atoms with van der Waals surface area (Å²) in [5.41, 5.74) is 0.904. The summed E-state index contributed by atoms with van der Waals surface area (Å²) in [4.78, 5) is 11.9. The maximum Gasteiger partial charge on any atom is 0.258 e. The number of para-hydroxylation sites is 2. The monoisotopic (exact) mass is 347 g/mol. The molecule has 0 aliphatic carbocycles. The molecule has 1 amide bonds. The van der Waals surface area contributed by atoms with Crippen molar-refractivity contribution >= 4 is 17.5 Å². The molecular weight excluding hydrogens is 330 g/mol. The fourth-order valence-electron chi connectivity index (χ4n) is 2.30. The Morgan fingerprint density at radius 3 is 2.88 bits per heavy atom. The second kappa shape index (κ2) is 7.45. The van der Waals surface area contributed by atoms with Crippen LogP contribution >= 0.6 is 11.6 Å². The summed E-state index contributed by atoms with van der Waals surface area (Å²) < 4.78 is 16.8. The van der Waals surface area contributed by atoms with Crippen molar-refractivity contribution in [3.05, 3.63) is 53.1 Å². The SMILES string of the molecule is Cc1cc(OCC(=O)NCC2COc3ccccc3O2)ccc1Cl. The van der Waals surface area contributed by atoms with Crippen LogP contribution in [-0.2, 0) is 4.79 Å². The summed E-state index contributed by atoms with van der Waals surface area (Å²) in [6.45, 7) is 2.57. The average Bonchev–Trinajstić information content (AvgIpc) is 2.60. The van der Waals surface area contributed by atoms with Crippen LogP contribution in [0.2, 0.25) is 5.02 Å². The molecule has 2 aromatic rings. The highest BCUT2D eigenvalue weighted by Crippen LogP contribution is 2.30. The van der Waals surface area contributed by atoms with Gasteiger partial charge in [0, 0.05) is 5.02 Å². The zero-order valence-corrected chi connectivity index (χ0v) is 14.0. The number of rotatable bonds is 5. The van der Waals surface area contributed by atoms with Crippen LogP contribution in [-0.4, -0.2) is 31.8 Å². The molecule has 1 aliphatic heterocycles. The molecule has 1 unspecified atom stereocenters. The summed E-state index contributed by atoms with van der Waals surface area (Å²) in [6.07, 6.45) is -0.221. The quantitative estimate of drug-likeness (QED) is 0.903. The van der Waals surface area contributed by atoms with Gasteiger partial charge in [-0.05, 0) is 42.8 Å². The van der Waals surface area contributed by atoms with Gasteiger partial charge in [-0.25, -0.2) is 0 Å². The van der Waals surface area contributed by atoms with Crippen molar-refractivity contribution < 1.29 is 19.0 Å². The van der Waals surface area contributed by atoms with Gasteiger partial charge >= 0.3 is 0 Å². The Hall–Kier alpha value is -2.40. The maximum atomic E-state index is 11.9. The molecule has 0 radical (unpaired) electrons. The predicted octanol–water partition coefficient (Wildman–Crippen LogP) is 2.98. The Morgan fingerprint density at radius 2 is 2.08 bits per heavy atom. The van der Waals surface area contributed by atoms with E-state index in [-0.39, 0.29) is 18.6 Å². The minimum atomic E-state index is -0.221. The van der Waals surface area contributed by atoms with Crippen molar-refractivity contribution in [3.8, 4) is 17.2 Å². The molecule has 24 heavy (non-hydrogen) atoms. The van der Waals surface area contributed by atoms with Crippen LogP contribution in [0.25, 0.3) is 0 Å². The first-order valence-electron chi connectivity index (χ1n) is 7.66. The predicted molar refractivity (Wildman–Crippen MR) is 91.0 cm³/mol. The Kier molecular flexibility index (Phi) is 5.11. The lowest BCUT2D eigenvalue weighted by Gasteiger charge is -2.26. The molecule has 2 aromatic carbocycles. The topological polar surface area (TPSA) is 56.8 Å². The molecule has 1 aliphatic rings. The third kappa shape index (κ3) is 4.11. The molecule has 0 fully saturated rings. The van der Waals surface area contributed by atoms with Crippen molar-refractivity contribution in [2.24, 2.45) is 0 Å². The van der Waals surface area contributed by atoms with Gasteiger partial charge in [0.25, 0.3) is 5.91 Å². The highest BCUT2D eigenvalue weighted by molar-refractivity contribution is 6.31. The minimum Gasteiger partial charge on any atom is -0.486 e. The van der Waals surface area contributed by atoms with E-state index >= 15 is 0 Å². The Labute approximate surface area is 145 Å². The van der Waals surface area contributed by atoms with Gasteiger partial charge in [-0.3, -0.25) is 4.79 Å². The number of fused-ring (bicyclic) bond motifs is 1. The fourth-order valence-corrected chi connectivity index (χ4v) is 2.42. The number of hydrogen-bond donors (Lipinski definition) is 1. The lowest BCUT2D eigenvalue weighted by Crippen LogP contribution is -2.42. The molecule has 126 valence electrons. The molecule has 1 heterocycles. The van der Waals surface area contributed by atoms with Crippen molar-refractivity contribution in [3.63, 3.8) is 0 Å². The van der Waals surface area contributed by atoms with Crippen molar-refractivity contribution in [2.75, 3.05) is 19.8 Å². The summed E-state index contributed by atoms with van der Waals surface area (Å²) in [5.74, 6) is 1.81. The highest BCUT2D eigenvalue weighted by atomic mass is 35.5. The molecule has 3 rings (SSSR count). The third-order valence-corrected chi connectivity index (χ3v) is 4.02. The second-order valence-corrected chi connectivity index (χ2v) is 5.91. The minimum absolute atomic E-state index is 0.0642.